The molecule has 0 saturated carbocycles. The molecule has 0 spiro atoms. The Morgan fingerprint density at radius 3 is 2.55 bits per heavy atom. The lowest BCUT2D eigenvalue weighted by molar-refractivity contribution is -0.145. The number of esters is 1. The summed E-state index contributed by atoms with van der Waals surface area (Å²) in [6, 6.07) is 4.24. The first kappa shape index (κ1) is 16.8. The lowest BCUT2D eigenvalue weighted by Crippen LogP contribution is -2.45. The summed E-state index contributed by atoms with van der Waals surface area (Å²) in [4.78, 5) is 23.1. The number of ether oxygens (including phenoxy) is 2. The third kappa shape index (κ3) is 4.68. The zero-order chi connectivity index (χ0) is 15.3. The molecule has 1 amide bonds. The number of hydrogen-bond acceptors (Lipinski definition) is 4. The van der Waals surface area contributed by atoms with Gasteiger partial charge in [-0.1, -0.05) is 11.6 Å². The second-order valence-corrected chi connectivity index (χ2v) is 5.38. The van der Waals surface area contributed by atoms with Crippen LogP contribution in [0.3, 0.4) is 0 Å². The van der Waals surface area contributed by atoms with Gasteiger partial charge in [-0.2, -0.15) is 0 Å². The Kier molecular flexibility index (Phi) is 6.29. The molecule has 2 unspecified atom stereocenters. The number of halogens is 2. The topological polar surface area (TPSA) is 64.6 Å². The Labute approximate surface area is 130 Å². The molecule has 0 aliphatic carbocycles. The van der Waals surface area contributed by atoms with Gasteiger partial charge in [-0.25, -0.2) is 4.79 Å². The minimum atomic E-state index is -0.764. The molecule has 1 N–H and O–H groups in total. The van der Waals surface area contributed by atoms with Gasteiger partial charge in [0.2, 0.25) is 0 Å². The number of hydrogen-bond donors (Lipinski definition) is 1. The fraction of sp³-hybridized carbons (Fsp3) is 0.385. The van der Waals surface area contributed by atoms with Crippen LogP contribution in [0.1, 0.15) is 13.8 Å². The highest BCUT2D eigenvalue weighted by Gasteiger charge is 2.21. The summed E-state index contributed by atoms with van der Waals surface area (Å²) in [5.41, 5.74) is 0. The van der Waals surface area contributed by atoms with Crippen molar-refractivity contribution in [3.8, 4) is 5.75 Å². The average Bonchev–Trinajstić information content (AvgIpc) is 2.40. The van der Waals surface area contributed by atoms with E-state index in [0.717, 1.165) is 0 Å². The number of rotatable bonds is 5. The summed E-state index contributed by atoms with van der Waals surface area (Å²) in [6.07, 6.45) is -0.764. The second kappa shape index (κ2) is 7.50. The van der Waals surface area contributed by atoms with Crippen molar-refractivity contribution in [1.29, 1.82) is 0 Å². The first-order chi connectivity index (χ1) is 9.35. The smallest absolute Gasteiger partial charge is 0.328 e. The summed E-state index contributed by atoms with van der Waals surface area (Å²) in [5, 5.41) is 3.06. The van der Waals surface area contributed by atoms with Gasteiger partial charge in [0.05, 0.1) is 11.6 Å². The van der Waals surface area contributed by atoms with Crippen LogP contribution in [0.2, 0.25) is 5.02 Å². The first-order valence-corrected chi connectivity index (χ1v) is 7.02. The van der Waals surface area contributed by atoms with Crippen molar-refractivity contribution >= 4 is 39.4 Å². The lowest BCUT2D eigenvalue weighted by Gasteiger charge is -2.18. The van der Waals surface area contributed by atoms with Gasteiger partial charge in [0.25, 0.3) is 5.91 Å². The molecule has 1 aromatic carbocycles. The van der Waals surface area contributed by atoms with Gasteiger partial charge in [0.1, 0.15) is 11.8 Å². The number of methoxy groups -OCH3 is 1. The molecule has 20 heavy (non-hydrogen) atoms. The van der Waals surface area contributed by atoms with E-state index in [1.54, 1.807) is 25.1 Å². The predicted octanol–water partition coefficient (Wildman–Crippen LogP) is 2.55. The van der Waals surface area contributed by atoms with Crippen molar-refractivity contribution in [3.63, 3.8) is 0 Å². The van der Waals surface area contributed by atoms with Crippen LogP contribution in [-0.2, 0) is 14.3 Å². The zero-order valence-corrected chi connectivity index (χ0v) is 13.6. The van der Waals surface area contributed by atoms with Crippen LogP contribution >= 0.6 is 27.5 Å². The number of benzene rings is 1. The van der Waals surface area contributed by atoms with Gasteiger partial charge in [-0.3, -0.25) is 4.79 Å². The van der Waals surface area contributed by atoms with Crippen LogP contribution in [0, 0.1) is 0 Å². The molecule has 7 heteroatoms. The standard InChI is InChI=1S/C13H15BrClNO4/c1-7(13(18)19-3)16-12(17)8(2)20-11-5-4-9(15)6-10(11)14/h4-8H,1-3H3,(H,16,17). The second-order valence-electron chi connectivity index (χ2n) is 4.09. The highest BCUT2D eigenvalue weighted by atomic mass is 79.9. The van der Waals surface area contributed by atoms with Crippen molar-refractivity contribution in [3.05, 3.63) is 27.7 Å². The molecule has 0 aliphatic rings. The Morgan fingerprint density at radius 2 is 2.00 bits per heavy atom. The van der Waals surface area contributed by atoms with Gasteiger partial charge in [-0.05, 0) is 48.0 Å². The van der Waals surface area contributed by atoms with Crippen LogP contribution in [0.4, 0.5) is 0 Å². The maximum atomic E-state index is 11.9. The van der Waals surface area contributed by atoms with Crippen molar-refractivity contribution < 1.29 is 19.1 Å². The maximum absolute atomic E-state index is 11.9. The molecule has 0 fully saturated rings. The van der Waals surface area contributed by atoms with E-state index in [0.29, 0.717) is 15.2 Å². The van der Waals surface area contributed by atoms with E-state index in [4.69, 9.17) is 16.3 Å². The highest BCUT2D eigenvalue weighted by Crippen LogP contribution is 2.28. The van der Waals surface area contributed by atoms with Gasteiger partial charge < -0.3 is 14.8 Å². The van der Waals surface area contributed by atoms with Crippen LogP contribution in [-0.4, -0.2) is 31.1 Å². The van der Waals surface area contributed by atoms with Gasteiger partial charge in [0, 0.05) is 5.02 Å². The SMILES string of the molecule is COC(=O)C(C)NC(=O)C(C)Oc1ccc(Cl)cc1Br. The van der Waals surface area contributed by atoms with Crippen LogP contribution < -0.4 is 10.1 Å². The van der Waals surface area contributed by atoms with Crippen molar-refractivity contribution in [2.75, 3.05) is 7.11 Å². The van der Waals surface area contributed by atoms with Crippen molar-refractivity contribution in [1.82, 2.24) is 5.32 Å². The summed E-state index contributed by atoms with van der Waals surface area (Å²) in [6.45, 7) is 3.12. The van der Waals surface area contributed by atoms with Crippen molar-refractivity contribution in [2.45, 2.75) is 26.0 Å². The molecule has 1 rings (SSSR count). The molecule has 0 radical (unpaired) electrons. The largest absolute Gasteiger partial charge is 0.480 e. The predicted molar refractivity (Wildman–Crippen MR) is 78.9 cm³/mol. The van der Waals surface area contributed by atoms with E-state index >= 15 is 0 Å². The van der Waals surface area contributed by atoms with E-state index in [9.17, 15) is 9.59 Å². The zero-order valence-electron chi connectivity index (χ0n) is 11.3. The van der Waals surface area contributed by atoms with E-state index in [2.05, 4.69) is 26.0 Å². The maximum Gasteiger partial charge on any atom is 0.328 e. The lowest BCUT2D eigenvalue weighted by atomic mass is 10.3. The quantitative estimate of drug-likeness (QED) is 0.816. The van der Waals surface area contributed by atoms with Crippen LogP contribution in [0.5, 0.6) is 5.75 Å². The number of amides is 1. The average molecular weight is 365 g/mol. The first-order valence-electron chi connectivity index (χ1n) is 5.85. The van der Waals surface area contributed by atoms with E-state index < -0.39 is 24.0 Å². The normalized spacial score (nSPS) is 13.2. The molecule has 5 nitrogen and oxygen atoms in total. The molecule has 0 saturated heterocycles. The molecule has 0 aliphatic heterocycles. The van der Waals surface area contributed by atoms with E-state index in [-0.39, 0.29) is 0 Å². The third-order valence-electron chi connectivity index (χ3n) is 2.48. The fourth-order valence-electron chi connectivity index (χ4n) is 1.38. The molecule has 0 bridgehead atoms. The summed E-state index contributed by atoms with van der Waals surface area (Å²) in [5.74, 6) is -0.439. The number of carbonyl (C=O) groups excluding carboxylic acids is 2. The summed E-state index contributed by atoms with van der Waals surface area (Å²) >= 11 is 9.11. The van der Waals surface area contributed by atoms with E-state index in [1.165, 1.54) is 14.0 Å². The van der Waals surface area contributed by atoms with Crippen LogP contribution in [0.15, 0.2) is 22.7 Å². The third-order valence-corrected chi connectivity index (χ3v) is 3.34. The number of nitrogens with one attached hydrogen (secondary N) is 1. The minimum Gasteiger partial charge on any atom is -0.480 e. The Hall–Kier alpha value is -1.27. The monoisotopic (exact) mass is 363 g/mol. The number of carbonyl (C=O) groups is 2. The highest BCUT2D eigenvalue weighted by molar-refractivity contribution is 9.10. The minimum absolute atomic E-state index is 0.412. The summed E-state index contributed by atoms with van der Waals surface area (Å²) in [7, 11) is 1.26. The summed E-state index contributed by atoms with van der Waals surface area (Å²) < 4.78 is 10.7. The van der Waals surface area contributed by atoms with Crippen molar-refractivity contribution in [2.24, 2.45) is 0 Å². The molecular weight excluding hydrogens is 350 g/mol. The molecule has 0 aromatic heterocycles. The Balaban J connectivity index is 2.64. The molecular formula is C13H15BrClNO4. The van der Waals surface area contributed by atoms with Gasteiger partial charge >= 0.3 is 5.97 Å². The molecule has 110 valence electrons. The van der Waals surface area contributed by atoms with Crippen LogP contribution in [0.25, 0.3) is 0 Å². The molecule has 1 aromatic rings. The fourth-order valence-corrected chi connectivity index (χ4v) is 2.16. The van der Waals surface area contributed by atoms with Gasteiger partial charge in [-0.15, -0.1) is 0 Å². The molecule has 0 heterocycles. The van der Waals surface area contributed by atoms with Gasteiger partial charge in [0.15, 0.2) is 6.10 Å². The van der Waals surface area contributed by atoms with E-state index in [1.807, 2.05) is 0 Å². The molecule has 2 atom stereocenters. The Bertz CT molecular complexity index is 509. The Morgan fingerprint density at radius 1 is 1.35 bits per heavy atom.